The molecule has 29 heavy (non-hydrogen) atoms. The molecule has 156 valence electrons. The van der Waals surface area contributed by atoms with E-state index in [0.29, 0.717) is 34.2 Å². The number of nitrogens with zero attached hydrogens (tertiary/aromatic N) is 3. The van der Waals surface area contributed by atoms with Gasteiger partial charge in [-0.3, -0.25) is 5.10 Å². The molecular formula is C20H25F3N6. The second kappa shape index (κ2) is 7.98. The lowest BCUT2D eigenvalue weighted by atomic mass is 10.0. The highest BCUT2D eigenvalue weighted by Gasteiger charge is 2.28. The van der Waals surface area contributed by atoms with E-state index in [1.54, 1.807) is 31.3 Å². The third-order valence-corrected chi connectivity index (χ3v) is 5.53. The summed E-state index contributed by atoms with van der Waals surface area (Å²) in [6.07, 6.45) is -3.62. The molecule has 3 heterocycles. The van der Waals surface area contributed by atoms with Crippen LogP contribution in [0, 0.1) is 0 Å². The Morgan fingerprint density at radius 2 is 1.93 bits per heavy atom. The summed E-state index contributed by atoms with van der Waals surface area (Å²) in [5, 5.41) is 14.1. The maximum atomic E-state index is 14.6. The highest BCUT2D eigenvalue weighted by Crippen LogP contribution is 2.37. The zero-order chi connectivity index (χ0) is 20.5. The minimum atomic E-state index is -3.14. The molecule has 1 atom stereocenters. The molecule has 4 rings (SSSR count). The maximum absolute atomic E-state index is 14.6. The van der Waals surface area contributed by atoms with Crippen LogP contribution in [-0.2, 0) is 0 Å². The smallest absolute Gasteiger partial charge is 0.288 e. The molecule has 1 fully saturated rings. The monoisotopic (exact) mass is 406 g/mol. The standard InChI is InChI=1S/C20H25F3N6/c1-24-18-11-15(26-27-18)17-10-13-14(25-12-6-8-28(2)9-7-12)4-3-5-16(13)29(17)20(23)19(21)22/h3-5,10-12,19-20,25H,6-9H2,1-2H3,(H2,24,26,27). The molecule has 0 amide bonds. The van der Waals surface area contributed by atoms with Gasteiger partial charge in [-0.2, -0.15) is 5.10 Å². The Hall–Kier alpha value is -2.68. The Kier molecular flexibility index (Phi) is 5.40. The summed E-state index contributed by atoms with van der Waals surface area (Å²) in [6, 6.07) is 9.04. The molecule has 0 bridgehead atoms. The van der Waals surface area contributed by atoms with Crippen LogP contribution in [0.4, 0.5) is 24.7 Å². The van der Waals surface area contributed by atoms with Crippen molar-refractivity contribution in [2.24, 2.45) is 0 Å². The van der Waals surface area contributed by atoms with Gasteiger partial charge in [-0.15, -0.1) is 0 Å². The molecule has 2 aromatic heterocycles. The molecule has 1 saturated heterocycles. The Morgan fingerprint density at radius 1 is 1.17 bits per heavy atom. The Labute approximate surface area is 167 Å². The number of anilines is 2. The topological polar surface area (TPSA) is 60.9 Å². The maximum Gasteiger partial charge on any atom is 0.288 e. The molecule has 0 aliphatic carbocycles. The predicted octanol–water partition coefficient (Wildman–Crippen LogP) is 4.31. The van der Waals surface area contributed by atoms with Gasteiger partial charge in [0.05, 0.1) is 11.2 Å². The predicted molar refractivity (Wildman–Crippen MR) is 109 cm³/mol. The minimum Gasteiger partial charge on any atom is -0.382 e. The first-order valence-electron chi connectivity index (χ1n) is 9.72. The summed E-state index contributed by atoms with van der Waals surface area (Å²) < 4.78 is 42.3. The zero-order valence-electron chi connectivity index (χ0n) is 16.4. The number of hydrogen-bond donors (Lipinski definition) is 3. The number of piperidine rings is 1. The fraction of sp³-hybridized carbons (Fsp3) is 0.450. The molecule has 3 N–H and O–H groups in total. The minimum absolute atomic E-state index is 0.293. The van der Waals surface area contributed by atoms with E-state index in [0.717, 1.165) is 36.2 Å². The number of likely N-dealkylation sites (tertiary alicyclic amines) is 1. The van der Waals surface area contributed by atoms with Crippen LogP contribution >= 0.6 is 0 Å². The average Bonchev–Trinajstić information content (AvgIpc) is 3.34. The summed E-state index contributed by atoms with van der Waals surface area (Å²) in [6.45, 7) is 2.00. The normalized spacial score (nSPS) is 17.2. The second-order valence-electron chi connectivity index (χ2n) is 7.48. The molecule has 1 aliphatic rings. The lowest BCUT2D eigenvalue weighted by Gasteiger charge is -2.30. The van der Waals surface area contributed by atoms with Gasteiger partial charge in [0.1, 0.15) is 11.5 Å². The van der Waals surface area contributed by atoms with E-state index in [2.05, 4.69) is 32.8 Å². The van der Waals surface area contributed by atoms with Gasteiger partial charge in [-0.1, -0.05) is 6.07 Å². The van der Waals surface area contributed by atoms with E-state index < -0.39 is 12.7 Å². The van der Waals surface area contributed by atoms with Crippen molar-refractivity contribution in [3.05, 3.63) is 30.3 Å². The Balaban J connectivity index is 1.78. The van der Waals surface area contributed by atoms with Crippen LogP contribution in [0.2, 0.25) is 0 Å². The molecule has 6 nitrogen and oxygen atoms in total. The fourth-order valence-electron chi connectivity index (χ4n) is 3.91. The van der Waals surface area contributed by atoms with Gasteiger partial charge >= 0.3 is 0 Å². The fourth-order valence-corrected chi connectivity index (χ4v) is 3.91. The van der Waals surface area contributed by atoms with Gasteiger partial charge in [-0.05, 0) is 51.2 Å². The molecular weight excluding hydrogens is 381 g/mol. The lowest BCUT2D eigenvalue weighted by molar-refractivity contribution is 0.0115. The first-order valence-corrected chi connectivity index (χ1v) is 9.72. The van der Waals surface area contributed by atoms with Crippen LogP contribution < -0.4 is 10.6 Å². The van der Waals surface area contributed by atoms with E-state index in [1.165, 1.54) is 0 Å². The largest absolute Gasteiger partial charge is 0.382 e. The van der Waals surface area contributed by atoms with Crippen LogP contribution in [0.3, 0.4) is 0 Å². The average molecular weight is 406 g/mol. The molecule has 0 spiro atoms. The first-order chi connectivity index (χ1) is 14.0. The summed E-state index contributed by atoms with van der Waals surface area (Å²) in [7, 11) is 3.81. The van der Waals surface area contributed by atoms with Crippen molar-refractivity contribution in [2.75, 3.05) is 37.8 Å². The van der Waals surface area contributed by atoms with Gasteiger partial charge in [0.25, 0.3) is 6.43 Å². The van der Waals surface area contributed by atoms with Gasteiger partial charge in [0.15, 0.2) is 0 Å². The summed E-state index contributed by atoms with van der Waals surface area (Å²) in [5.41, 5.74) is 1.95. The van der Waals surface area contributed by atoms with Crippen LogP contribution in [0.25, 0.3) is 22.3 Å². The number of aromatic nitrogens is 3. The third-order valence-electron chi connectivity index (χ3n) is 5.53. The third kappa shape index (κ3) is 3.78. The molecule has 0 saturated carbocycles. The van der Waals surface area contributed by atoms with Crippen LogP contribution in [0.15, 0.2) is 30.3 Å². The summed E-state index contributed by atoms with van der Waals surface area (Å²) >= 11 is 0. The highest BCUT2D eigenvalue weighted by molar-refractivity contribution is 5.96. The number of benzene rings is 1. The SMILES string of the molecule is CNc1cc(-c2cc3c(NC4CCN(C)CC4)cccc3n2C(F)C(F)F)n[nH]1. The number of nitrogens with one attached hydrogen (secondary N) is 3. The van der Waals surface area contributed by atoms with Crippen LogP contribution in [-0.4, -0.2) is 59.3 Å². The van der Waals surface area contributed by atoms with E-state index in [-0.39, 0.29) is 0 Å². The number of alkyl halides is 3. The van der Waals surface area contributed by atoms with Crippen molar-refractivity contribution >= 4 is 22.4 Å². The van der Waals surface area contributed by atoms with Crippen molar-refractivity contribution in [1.82, 2.24) is 19.7 Å². The van der Waals surface area contributed by atoms with Crippen LogP contribution in [0.5, 0.6) is 0 Å². The number of halogens is 3. The molecule has 3 aromatic rings. The van der Waals surface area contributed by atoms with E-state index >= 15 is 0 Å². The quantitative estimate of drug-likeness (QED) is 0.571. The van der Waals surface area contributed by atoms with Crippen molar-refractivity contribution in [2.45, 2.75) is 31.6 Å². The van der Waals surface area contributed by atoms with Gasteiger partial charge in [0, 0.05) is 30.2 Å². The first kappa shape index (κ1) is 19.6. The second-order valence-corrected chi connectivity index (χ2v) is 7.48. The van der Waals surface area contributed by atoms with Crippen LogP contribution in [0.1, 0.15) is 19.1 Å². The van der Waals surface area contributed by atoms with Crippen molar-refractivity contribution in [3.63, 3.8) is 0 Å². The zero-order valence-corrected chi connectivity index (χ0v) is 16.4. The molecule has 9 heteroatoms. The number of fused-ring (bicyclic) bond motifs is 1. The Bertz CT molecular complexity index is 974. The van der Waals surface area contributed by atoms with Gasteiger partial charge < -0.3 is 20.1 Å². The van der Waals surface area contributed by atoms with Crippen molar-refractivity contribution in [1.29, 1.82) is 0 Å². The highest BCUT2D eigenvalue weighted by atomic mass is 19.3. The lowest BCUT2D eigenvalue weighted by Crippen LogP contribution is -2.36. The van der Waals surface area contributed by atoms with Crippen molar-refractivity contribution in [3.8, 4) is 11.4 Å². The molecule has 1 aliphatic heterocycles. The molecule has 1 unspecified atom stereocenters. The summed E-state index contributed by atoms with van der Waals surface area (Å²) in [4.78, 5) is 2.28. The number of rotatable bonds is 6. The summed E-state index contributed by atoms with van der Waals surface area (Å²) in [5.74, 6) is 0.619. The number of hydrogen-bond acceptors (Lipinski definition) is 4. The van der Waals surface area contributed by atoms with Crippen molar-refractivity contribution < 1.29 is 13.2 Å². The van der Waals surface area contributed by atoms with E-state index in [9.17, 15) is 13.2 Å². The Morgan fingerprint density at radius 3 is 2.59 bits per heavy atom. The van der Waals surface area contributed by atoms with Gasteiger partial charge in [-0.25, -0.2) is 13.2 Å². The molecule has 0 radical (unpaired) electrons. The van der Waals surface area contributed by atoms with E-state index in [1.807, 2.05) is 6.07 Å². The van der Waals surface area contributed by atoms with E-state index in [4.69, 9.17) is 0 Å². The molecule has 1 aromatic carbocycles. The number of aromatic amines is 1. The number of H-pyrrole nitrogens is 1. The van der Waals surface area contributed by atoms with Gasteiger partial charge in [0.2, 0.25) is 6.30 Å².